The molecule has 0 saturated heterocycles. The average Bonchev–Trinajstić information content (AvgIpc) is 2.33. The van der Waals surface area contributed by atoms with Crippen LogP contribution < -0.4 is 4.83 Å². The van der Waals surface area contributed by atoms with Gasteiger partial charge in [-0.3, -0.25) is 0 Å². The molecule has 100 valence electrons. The van der Waals surface area contributed by atoms with Gasteiger partial charge in [0.1, 0.15) is 0 Å². The molecule has 1 aromatic rings. The Morgan fingerprint density at radius 2 is 1.83 bits per heavy atom. The van der Waals surface area contributed by atoms with E-state index in [4.69, 9.17) is 0 Å². The highest BCUT2D eigenvalue weighted by molar-refractivity contribution is 7.89. The van der Waals surface area contributed by atoms with Crippen molar-refractivity contribution < 1.29 is 8.42 Å². The number of nitrogens with one attached hydrogen (secondary N) is 1. The maximum atomic E-state index is 12.1. The lowest BCUT2D eigenvalue weighted by Crippen LogP contribution is -2.21. The van der Waals surface area contributed by atoms with E-state index in [1.54, 1.807) is 19.1 Å². The summed E-state index contributed by atoms with van der Waals surface area (Å²) in [7, 11) is -3.57. The van der Waals surface area contributed by atoms with Gasteiger partial charge in [-0.2, -0.15) is 13.5 Å². The number of aryl methyl sites for hydroxylation is 2. The number of hydrazone groups is 1. The highest BCUT2D eigenvalue weighted by Crippen LogP contribution is 2.16. The van der Waals surface area contributed by atoms with E-state index in [0.717, 1.165) is 29.7 Å². The Morgan fingerprint density at radius 3 is 2.39 bits per heavy atom. The number of hydrogen-bond donors (Lipinski definition) is 1. The highest BCUT2D eigenvalue weighted by Gasteiger charge is 2.16. The van der Waals surface area contributed by atoms with Crippen molar-refractivity contribution in [3.05, 3.63) is 29.3 Å². The van der Waals surface area contributed by atoms with E-state index in [-0.39, 0.29) is 4.90 Å². The van der Waals surface area contributed by atoms with Crippen LogP contribution in [-0.2, 0) is 10.0 Å². The van der Waals surface area contributed by atoms with Gasteiger partial charge in [0, 0.05) is 5.71 Å². The SMILES string of the molecule is CCC(CC)=NNS(=O)(=O)c1cc(C)ccc1C. The second kappa shape index (κ2) is 6.00. The summed E-state index contributed by atoms with van der Waals surface area (Å²) < 4.78 is 24.2. The minimum atomic E-state index is -3.57. The molecule has 0 bridgehead atoms. The van der Waals surface area contributed by atoms with Crippen molar-refractivity contribution in [2.75, 3.05) is 0 Å². The van der Waals surface area contributed by atoms with Crippen LogP contribution in [0.1, 0.15) is 37.8 Å². The minimum Gasteiger partial charge on any atom is -0.200 e. The van der Waals surface area contributed by atoms with E-state index in [9.17, 15) is 8.42 Å². The topological polar surface area (TPSA) is 58.5 Å². The van der Waals surface area contributed by atoms with Crippen molar-refractivity contribution in [1.82, 2.24) is 4.83 Å². The first kappa shape index (κ1) is 14.7. The summed E-state index contributed by atoms with van der Waals surface area (Å²) in [5.74, 6) is 0. The molecule has 0 aliphatic carbocycles. The van der Waals surface area contributed by atoms with Gasteiger partial charge in [0.05, 0.1) is 4.90 Å². The maximum absolute atomic E-state index is 12.1. The molecular weight excluding hydrogens is 248 g/mol. The molecule has 0 amide bonds. The molecule has 5 heteroatoms. The van der Waals surface area contributed by atoms with E-state index in [2.05, 4.69) is 9.93 Å². The van der Waals surface area contributed by atoms with Gasteiger partial charge in [-0.1, -0.05) is 26.0 Å². The zero-order valence-corrected chi connectivity index (χ0v) is 12.1. The molecule has 0 unspecified atom stereocenters. The molecule has 0 aliphatic heterocycles. The van der Waals surface area contributed by atoms with Crippen LogP contribution in [-0.4, -0.2) is 14.1 Å². The number of benzene rings is 1. The van der Waals surface area contributed by atoms with Crippen LogP contribution in [0.5, 0.6) is 0 Å². The molecule has 0 fully saturated rings. The molecule has 0 heterocycles. The lowest BCUT2D eigenvalue weighted by molar-refractivity contribution is 0.583. The Kier molecular flexibility index (Phi) is 4.90. The van der Waals surface area contributed by atoms with E-state index >= 15 is 0 Å². The van der Waals surface area contributed by atoms with E-state index < -0.39 is 10.0 Å². The summed E-state index contributed by atoms with van der Waals surface area (Å²) in [5, 5.41) is 3.96. The molecule has 0 saturated carbocycles. The van der Waals surface area contributed by atoms with Crippen LogP contribution in [0.15, 0.2) is 28.2 Å². The lowest BCUT2D eigenvalue weighted by atomic mass is 10.2. The van der Waals surface area contributed by atoms with Gasteiger partial charge in [0.15, 0.2) is 0 Å². The Balaban J connectivity index is 3.07. The van der Waals surface area contributed by atoms with Crippen LogP contribution >= 0.6 is 0 Å². The quantitative estimate of drug-likeness (QED) is 0.659. The third-order valence-electron chi connectivity index (χ3n) is 2.77. The molecule has 0 aromatic heterocycles. The molecule has 0 spiro atoms. The van der Waals surface area contributed by atoms with E-state index in [1.807, 2.05) is 26.8 Å². The first-order valence-corrected chi connectivity index (χ1v) is 7.53. The monoisotopic (exact) mass is 268 g/mol. The number of sulfonamides is 1. The first-order chi connectivity index (χ1) is 8.40. The molecule has 4 nitrogen and oxygen atoms in total. The minimum absolute atomic E-state index is 0.290. The largest absolute Gasteiger partial charge is 0.276 e. The molecule has 0 radical (unpaired) electrons. The Labute approximate surface area is 109 Å². The van der Waals surface area contributed by atoms with Gasteiger partial charge in [-0.25, -0.2) is 4.83 Å². The highest BCUT2D eigenvalue weighted by atomic mass is 32.2. The Bertz CT molecular complexity index is 542. The number of nitrogens with zero attached hydrogens (tertiary/aromatic N) is 1. The fourth-order valence-corrected chi connectivity index (χ4v) is 2.76. The first-order valence-electron chi connectivity index (χ1n) is 6.05. The predicted molar refractivity (Wildman–Crippen MR) is 74.3 cm³/mol. The van der Waals surface area contributed by atoms with Crippen molar-refractivity contribution in [1.29, 1.82) is 0 Å². The van der Waals surface area contributed by atoms with Gasteiger partial charge >= 0.3 is 0 Å². The van der Waals surface area contributed by atoms with Crippen molar-refractivity contribution in [3.8, 4) is 0 Å². The zero-order valence-electron chi connectivity index (χ0n) is 11.3. The summed E-state index contributed by atoms with van der Waals surface area (Å²) in [6.45, 7) is 7.55. The van der Waals surface area contributed by atoms with Gasteiger partial charge < -0.3 is 0 Å². The molecule has 1 N–H and O–H groups in total. The summed E-state index contributed by atoms with van der Waals surface area (Å²) in [6, 6.07) is 5.35. The van der Waals surface area contributed by atoms with Crippen LogP contribution in [0.3, 0.4) is 0 Å². The lowest BCUT2D eigenvalue weighted by Gasteiger charge is -2.09. The third kappa shape index (κ3) is 3.57. The molecule has 0 aliphatic rings. The second-order valence-electron chi connectivity index (χ2n) is 4.25. The zero-order chi connectivity index (χ0) is 13.8. The standard InChI is InChI=1S/C13H20N2O2S/c1-5-12(6-2)14-15-18(16,17)13-9-10(3)7-8-11(13)4/h7-9,15H,5-6H2,1-4H3. The fourth-order valence-electron chi connectivity index (χ4n) is 1.58. The second-order valence-corrected chi connectivity index (χ2v) is 5.88. The van der Waals surface area contributed by atoms with Gasteiger partial charge in [0.25, 0.3) is 10.0 Å². The van der Waals surface area contributed by atoms with E-state index in [0.29, 0.717) is 0 Å². The normalized spacial score (nSPS) is 11.1. The molecule has 18 heavy (non-hydrogen) atoms. The van der Waals surface area contributed by atoms with Crippen LogP contribution in [0.4, 0.5) is 0 Å². The number of rotatable bonds is 5. The van der Waals surface area contributed by atoms with Crippen molar-refractivity contribution in [3.63, 3.8) is 0 Å². The van der Waals surface area contributed by atoms with Crippen molar-refractivity contribution in [2.24, 2.45) is 5.10 Å². The van der Waals surface area contributed by atoms with Gasteiger partial charge in [-0.05, 0) is 43.9 Å². The van der Waals surface area contributed by atoms with Crippen molar-refractivity contribution >= 4 is 15.7 Å². The number of hydrogen-bond acceptors (Lipinski definition) is 3. The van der Waals surface area contributed by atoms with Crippen molar-refractivity contribution in [2.45, 2.75) is 45.4 Å². The molecule has 1 rings (SSSR count). The molecule has 0 atom stereocenters. The Hall–Kier alpha value is -1.36. The summed E-state index contributed by atoms with van der Waals surface area (Å²) >= 11 is 0. The van der Waals surface area contributed by atoms with Gasteiger partial charge in [-0.15, -0.1) is 0 Å². The fraction of sp³-hybridized carbons (Fsp3) is 0.462. The predicted octanol–water partition coefficient (Wildman–Crippen LogP) is 2.76. The maximum Gasteiger partial charge on any atom is 0.276 e. The average molecular weight is 268 g/mol. The van der Waals surface area contributed by atoms with Crippen LogP contribution in [0, 0.1) is 13.8 Å². The summed E-state index contributed by atoms with van der Waals surface area (Å²) in [4.78, 5) is 2.60. The summed E-state index contributed by atoms with van der Waals surface area (Å²) in [6.07, 6.45) is 1.48. The Morgan fingerprint density at radius 1 is 1.22 bits per heavy atom. The van der Waals surface area contributed by atoms with Gasteiger partial charge in [0.2, 0.25) is 0 Å². The third-order valence-corrected chi connectivity index (χ3v) is 4.12. The smallest absolute Gasteiger partial charge is 0.200 e. The van der Waals surface area contributed by atoms with Crippen LogP contribution in [0.25, 0.3) is 0 Å². The molecular formula is C13H20N2O2S. The molecule has 1 aromatic carbocycles. The summed E-state index contributed by atoms with van der Waals surface area (Å²) in [5.41, 5.74) is 2.47. The van der Waals surface area contributed by atoms with E-state index in [1.165, 1.54) is 0 Å². The van der Waals surface area contributed by atoms with Crippen LogP contribution in [0.2, 0.25) is 0 Å².